The Morgan fingerprint density at radius 1 is 1.12 bits per heavy atom. The van der Waals surface area contributed by atoms with Crippen molar-refractivity contribution in [3.05, 3.63) is 77.4 Å². The predicted molar refractivity (Wildman–Crippen MR) is 113 cm³/mol. The Labute approximate surface area is 183 Å². The molecule has 0 bridgehead atoms. The highest BCUT2D eigenvalue weighted by Crippen LogP contribution is 2.25. The topological polar surface area (TPSA) is 113 Å². The molecule has 0 saturated carbocycles. The van der Waals surface area contributed by atoms with Crippen molar-refractivity contribution in [3.8, 4) is 0 Å². The largest absolute Gasteiger partial charge is 0.378 e. The molecule has 0 aromatic heterocycles. The van der Waals surface area contributed by atoms with E-state index in [2.05, 4.69) is 5.32 Å². The Morgan fingerprint density at radius 2 is 1.75 bits per heavy atom. The molecule has 9 heteroatoms. The van der Waals surface area contributed by atoms with E-state index in [9.17, 15) is 28.3 Å². The molecular formula is C23H23F2N3O4. The molecule has 1 heterocycles. The smallest absolute Gasteiger partial charge is 0.263 e. The number of hydrogen-bond acceptors (Lipinski definition) is 5. The fourth-order valence-corrected chi connectivity index (χ4v) is 3.47. The molecule has 0 aliphatic carbocycles. The lowest BCUT2D eigenvalue weighted by molar-refractivity contribution is -0.156. The van der Waals surface area contributed by atoms with E-state index in [0.717, 1.165) is 17.7 Å². The van der Waals surface area contributed by atoms with E-state index in [1.165, 1.54) is 13.0 Å². The van der Waals surface area contributed by atoms with Crippen molar-refractivity contribution in [3.63, 3.8) is 0 Å². The molecule has 0 fully saturated rings. The second kappa shape index (κ2) is 9.80. The first kappa shape index (κ1) is 23.2. The Morgan fingerprint density at radius 3 is 2.34 bits per heavy atom. The summed E-state index contributed by atoms with van der Waals surface area (Å²) in [7, 11) is 0. The van der Waals surface area contributed by atoms with Gasteiger partial charge in [-0.05, 0) is 48.3 Å². The number of nitrogens with zero attached hydrogens (tertiary/aromatic N) is 1. The van der Waals surface area contributed by atoms with Crippen LogP contribution in [0.15, 0.2) is 54.6 Å². The van der Waals surface area contributed by atoms with Gasteiger partial charge in [-0.15, -0.1) is 0 Å². The quantitative estimate of drug-likeness (QED) is 0.651. The van der Waals surface area contributed by atoms with Crippen LogP contribution in [-0.4, -0.2) is 46.4 Å². The van der Waals surface area contributed by atoms with Crippen molar-refractivity contribution < 1.29 is 28.3 Å². The minimum atomic E-state index is -2.09. The number of halogens is 2. The van der Waals surface area contributed by atoms with E-state index >= 15 is 0 Å². The summed E-state index contributed by atoms with van der Waals surface area (Å²) in [5.74, 6) is -4.79. The summed E-state index contributed by atoms with van der Waals surface area (Å²) in [6.07, 6.45) is -0.180. The van der Waals surface area contributed by atoms with Gasteiger partial charge in [0.1, 0.15) is 17.7 Å². The third-order valence-corrected chi connectivity index (χ3v) is 5.04. The Hall–Kier alpha value is -3.43. The number of aliphatic hydroxyl groups excluding tert-OH is 1. The molecule has 0 unspecified atom stereocenters. The van der Waals surface area contributed by atoms with Crippen molar-refractivity contribution in [2.45, 2.75) is 31.5 Å². The first-order valence-corrected chi connectivity index (χ1v) is 9.99. The lowest BCUT2D eigenvalue weighted by atomic mass is 9.99. The summed E-state index contributed by atoms with van der Waals surface area (Å²) in [6.45, 7) is 1.59. The number of carbonyl (C=O) groups is 3. The monoisotopic (exact) mass is 443 g/mol. The van der Waals surface area contributed by atoms with E-state index in [4.69, 9.17) is 5.73 Å². The van der Waals surface area contributed by atoms with Gasteiger partial charge in [-0.3, -0.25) is 19.3 Å². The van der Waals surface area contributed by atoms with Gasteiger partial charge in [0.2, 0.25) is 11.8 Å². The van der Waals surface area contributed by atoms with Crippen molar-refractivity contribution in [1.29, 1.82) is 0 Å². The van der Waals surface area contributed by atoms with Crippen LogP contribution in [0.1, 0.15) is 30.6 Å². The van der Waals surface area contributed by atoms with Crippen LogP contribution < -0.4 is 11.1 Å². The van der Waals surface area contributed by atoms with Crippen LogP contribution in [0.4, 0.5) is 8.78 Å². The van der Waals surface area contributed by atoms with Crippen LogP contribution in [0.5, 0.6) is 0 Å². The number of hydrogen-bond donors (Lipinski definition) is 3. The molecule has 1 aliphatic rings. The third-order valence-electron chi connectivity index (χ3n) is 5.04. The zero-order valence-electron chi connectivity index (χ0n) is 17.3. The molecule has 4 N–H and O–H groups in total. The molecule has 32 heavy (non-hydrogen) atoms. The van der Waals surface area contributed by atoms with Gasteiger partial charge >= 0.3 is 0 Å². The lowest BCUT2D eigenvalue weighted by Gasteiger charge is -2.30. The standard InChI is InChI=1S/C23H23F2N3O4/c1-13(26)22(31)28(23(32)20(29)16-9-17(24)12-18(25)10-16)19-11-15(7-8-27-21(19)30)14-5-3-2-4-6-14/h2-6,9-13,19-20,29H,7-8,26H2,1H3,(H,27,30)/t13-,19-,20+/m0/s1. The van der Waals surface area contributed by atoms with Crippen molar-refractivity contribution in [1.82, 2.24) is 10.2 Å². The molecule has 1 aliphatic heterocycles. The maximum atomic E-state index is 13.6. The molecule has 7 nitrogen and oxygen atoms in total. The van der Waals surface area contributed by atoms with Gasteiger partial charge in [-0.1, -0.05) is 30.3 Å². The van der Waals surface area contributed by atoms with E-state index in [1.54, 1.807) is 0 Å². The average molecular weight is 443 g/mol. The van der Waals surface area contributed by atoms with Gasteiger partial charge in [0.05, 0.1) is 6.04 Å². The van der Waals surface area contributed by atoms with E-state index in [-0.39, 0.29) is 6.54 Å². The molecule has 3 atom stereocenters. The maximum absolute atomic E-state index is 13.6. The van der Waals surface area contributed by atoms with Gasteiger partial charge in [-0.2, -0.15) is 0 Å². The number of carbonyl (C=O) groups excluding carboxylic acids is 3. The molecule has 0 radical (unpaired) electrons. The number of aliphatic hydroxyl groups is 1. The Kier molecular flexibility index (Phi) is 7.12. The first-order valence-electron chi connectivity index (χ1n) is 9.99. The van der Waals surface area contributed by atoms with Gasteiger partial charge in [0.25, 0.3) is 5.91 Å². The predicted octanol–water partition coefficient (Wildman–Crippen LogP) is 1.67. The van der Waals surface area contributed by atoms with E-state index in [0.29, 0.717) is 23.0 Å². The summed E-state index contributed by atoms with van der Waals surface area (Å²) >= 11 is 0. The highest BCUT2D eigenvalue weighted by molar-refractivity contribution is 6.05. The summed E-state index contributed by atoms with van der Waals surface area (Å²) in [4.78, 5) is 39.4. The third kappa shape index (κ3) is 5.06. The molecular weight excluding hydrogens is 420 g/mol. The Bertz CT molecular complexity index is 1040. The molecule has 3 rings (SSSR count). The van der Waals surface area contributed by atoms with E-state index < -0.39 is 53.1 Å². The van der Waals surface area contributed by atoms with Gasteiger partial charge < -0.3 is 16.2 Å². The normalized spacial score (nSPS) is 18.1. The van der Waals surface area contributed by atoms with Crippen molar-refractivity contribution in [2.24, 2.45) is 5.73 Å². The van der Waals surface area contributed by atoms with Crippen LogP contribution in [0.2, 0.25) is 0 Å². The summed E-state index contributed by atoms with van der Waals surface area (Å²) < 4.78 is 27.2. The van der Waals surface area contributed by atoms with Crippen LogP contribution in [-0.2, 0) is 14.4 Å². The highest BCUT2D eigenvalue weighted by Gasteiger charge is 2.39. The molecule has 2 aromatic carbocycles. The Balaban J connectivity index is 2.06. The second-order valence-corrected chi connectivity index (χ2v) is 7.48. The number of nitrogens with one attached hydrogen (secondary N) is 1. The van der Waals surface area contributed by atoms with Crippen molar-refractivity contribution >= 4 is 23.3 Å². The van der Waals surface area contributed by atoms with E-state index in [1.807, 2.05) is 30.3 Å². The zero-order valence-corrected chi connectivity index (χ0v) is 17.3. The number of rotatable bonds is 5. The summed E-state index contributed by atoms with van der Waals surface area (Å²) in [5, 5.41) is 13.2. The average Bonchev–Trinajstić information content (AvgIpc) is 2.95. The minimum absolute atomic E-state index is 0.266. The fraction of sp³-hybridized carbons (Fsp3) is 0.261. The highest BCUT2D eigenvalue weighted by atomic mass is 19.1. The summed E-state index contributed by atoms with van der Waals surface area (Å²) in [5.41, 5.74) is 6.81. The lowest BCUT2D eigenvalue weighted by Crippen LogP contribution is -2.56. The SMILES string of the molecule is C[C@H](N)C(=O)N(C(=O)[C@H](O)c1cc(F)cc(F)c1)[C@H]1C=C(c2ccccc2)CCNC1=O. The first-order chi connectivity index (χ1) is 15.2. The minimum Gasteiger partial charge on any atom is -0.378 e. The van der Waals surface area contributed by atoms with Crippen LogP contribution in [0.25, 0.3) is 5.57 Å². The maximum Gasteiger partial charge on any atom is 0.263 e. The molecule has 2 aromatic rings. The fourth-order valence-electron chi connectivity index (χ4n) is 3.47. The second-order valence-electron chi connectivity index (χ2n) is 7.48. The van der Waals surface area contributed by atoms with Crippen LogP contribution in [0, 0.1) is 11.6 Å². The molecule has 0 saturated heterocycles. The zero-order chi connectivity index (χ0) is 23.4. The van der Waals surface area contributed by atoms with Crippen molar-refractivity contribution in [2.75, 3.05) is 6.54 Å². The number of imide groups is 1. The number of amides is 3. The number of nitrogens with two attached hydrogens (primary N) is 1. The van der Waals surface area contributed by atoms with Crippen LogP contribution >= 0.6 is 0 Å². The summed E-state index contributed by atoms with van der Waals surface area (Å²) in [6, 6.07) is 8.63. The molecule has 0 spiro atoms. The van der Waals surface area contributed by atoms with Gasteiger partial charge in [0, 0.05) is 12.6 Å². The van der Waals surface area contributed by atoms with Gasteiger partial charge in [-0.25, -0.2) is 8.78 Å². The molecule has 168 valence electrons. The van der Waals surface area contributed by atoms with Crippen LogP contribution in [0.3, 0.4) is 0 Å². The molecule has 3 amide bonds. The number of benzene rings is 2. The van der Waals surface area contributed by atoms with Gasteiger partial charge in [0.15, 0.2) is 6.10 Å².